The number of aryl methyl sites for hydroxylation is 2. The first-order valence-electron chi connectivity index (χ1n) is 5.98. The van der Waals surface area contributed by atoms with Crippen molar-refractivity contribution in [3.8, 4) is 0 Å². The number of hydrogen-bond acceptors (Lipinski definition) is 2. The molecule has 0 aliphatic rings. The normalized spacial score (nSPS) is 10.7. The van der Waals surface area contributed by atoms with Crippen LogP contribution >= 0.6 is 0 Å². The van der Waals surface area contributed by atoms with Crippen LogP contribution in [0.1, 0.15) is 17.8 Å². The molecule has 5 heteroatoms. The summed E-state index contributed by atoms with van der Waals surface area (Å²) < 4.78 is 27.6. The molecule has 0 unspecified atom stereocenters. The highest BCUT2D eigenvalue weighted by Crippen LogP contribution is 2.10. The fourth-order valence-corrected chi connectivity index (χ4v) is 1.85. The molecule has 0 saturated carbocycles. The highest BCUT2D eigenvalue weighted by molar-refractivity contribution is 5.80. The number of aromatic nitrogens is 2. The Bertz CT molecular complexity index is 593. The number of carbonyl (C=O) groups excluding carboxylic acids is 1. The standard InChI is InChI=1S/C14H14F2N2O/c1-18-7-6-17-14(18)5-3-11(19)8-10-2-4-12(15)13(16)9-10/h2,4,6-7,9H,3,5,8H2,1H3. The van der Waals surface area contributed by atoms with Gasteiger partial charge in [-0.05, 0) is 17.7 Å². The van der Waals surface area contributed by atoms with Gasteiger partial charge in [0.05, 0.1) is 0 Å². The average Bonchev–Trinajstić information content (AvgIpc) is 2.77. The Morgan fingerprint density at radius 2 is 2.11 bits per heavy atom. The molecule has 100 valence electrons. The summed E-state index contributed by atoms with van der Waals surface area (Å²) in [7, 11) is 1.86. The molecule has 0 aliphatic heterocycles. The molecule has 2 rings (SSSR count). The Balaban J connectivity index is 1.91. The minimum Gasteiger partial charge on any atom is -0.338 e. The largest absolute Gasteiger partial charge is 0.338 e. The quantitative estimate of drug-likeness (QED) is 0.831. The van der Waals surface area contributed by atoms with Crippen molar-refractivity contribution in [1.29, 1.82) is 0 Å². The first-order chi connectivity index (χ1) is 9.06. The molecule has 0 amide bonds. The smallest absolute Gasteiger partial charge is 0.159 e. The molecule has 1 heterocycles. The van der Waals surface area contributed by atoms with Crippen LogP contribution in [0.2, 0.25) is 0 Å². The van der Waals surface area contributed by atoms with E-state index in [0.717, 1.165) is 18.0 Å². The van der Waals surface area contributed by atoms with Crippen molar-refractivity contribution in [2.24, 2.45) is 7.05 Å². The number of rotatable bonds is 5. The summed E-state index contributed by atoms with van der Waals surface area (Å²) in [6.45, 7) is 0. The SMILES string of the molecule is Cn1ccnc1CCC(=O)Cc1ccc(F)c(F)c1. The van der Waals surface area contributed by atoms with Crippen molar-refractivity contribution in [3.05, 3.63) is 53.6 Å². The van der Waals surface area contributed by atoms with Gasteiger partial charge in [-0.25, -0.2) is 13.8 Å². The third-order valence-electron chi connectivity index (χ3n) is 2.93. The first kappa shape index (κ1) is 13.4. The lowest BCUT2D eigenvalue weighted by Gasteiger charge is -2.03. The number of ketones is 1. The maximum Gasteiger partial charge on any atom is 0.159 e. The van der Waals surface area contributed by atoms with Gasteiger partial charge in [0.2, 0.25) is 0 Å². The molecule has 0 spiro atoms. The second kappa shape index (κ2) is 5.73. The molecule has 0 N–H and O–H groups in total. The van der Waals surface area contributed by atoms with Crippen LogP contribution in [-0.2, 0) is 24.7 Å². The van der Waals surface area contributed by atoms with Crippen molar-refractivity contribution in [2.75, 3.05) is 0 Å². The zero-order valence-corrected chi connectivity index (χ0v) is 10.6. The van der Waals surface area contributed by atoms with Crippen LogP contribution < -0.4 is 0 Å². The average molecular weight is 264 g/mol. The molecule has 0 aliphatic carbocycles. The zero-order valence-electron chi connectivity index (χ0n) is 10.6. The van der Waals surface area contributed by atoms with Gasteiger partial charge in [0, 0.05) is 38.7 Å². The summed E-state index contributed by atoms with van der Waals surface area (Å²) >= 11 is 0. The highest BCUT2D eigenvalue weighted by Gasteiger charge is 2.09. The predicted molar refractivity (Wildman–Crippen MR) is 66.6 cm³/mol. The number of nitrogens with zero attached hydrogens (tertiary/aromatic N) is 2. The second-order valence-corrected chi connectivity index (χ2v) is 4.42. The van der Waals surface area contributed by atoms with E-state index in [1.165, 1.54) is 6.07 Å². The first-order valence-corrected chi connectivity index (χ1v) is 5.98. The molecular weight excluding hydrogens is 250 g/mol. The molecule has 3 nitrogen and oxygen atoms in total. The fraction of sp³-hybridized carbons (Fsp3) is 0.286. The number of carbonyl (C=O) groups is 1. The fourth-order valence-electron chi connectivity index (χ4n) is 1.85. The molecule has 0 radical (unpaired) electrons. The minimum atomic E-state index is -0.922. The van der Waals surface area contributed by atoms with Gasteiger partial charge in [-0.3, -0.25) is 4.79 Å². The summed E-state index contributed by atoms with van der Waals surface area (Å²) in [5.41, 5.74) is 0.490. The maximum absolute atomic E-state index is 13.0. The molecule has 0 atom stereocenters. The topological polar surface area (TPSA) is 34.9 Å². The van der Waals surface area contributed by atoms with Gasteiger partial charge in [0.1, 0.15) is 11.6 Å². The zero-order chi connectivity index (χ0) is 13.8. The number of halogens is 2. The molecular formula is C14H14F2N2O. The number of Topliss-reactive ketones (excluding diaryl/α,β-unsaturated/α-hetero) is 1. The van der Waals surface area contributed by atoms with Crippen LogP contribution in [0, 0.1) is 11.6 Å². The molecule has 1 aromatic carbocycles. The Hall–Kier alpha value is -2.04. The third-order valence-corrected chi connectivity index (χ3v) is 2.93. The predicted octanol–water partition coefficient (Wildman–Crippen LogP) is 2.44. The van der Waals surface area contributed by atoms with Crippen LogP contribution in [0.25, 0.3) is 0 Å². The van der Waals surface area contributed by atoms with Crippen LogP contribution in [-0.4, -0.2) is 15.3 Å². The molecule has 19 heavy (non-hydrogen) atoms. The van der Waals surface area contributed by atoms with E-state index in [4.69, 9.17) is 0 Å². The maximum atomic E-state index is 13.0. The number of benzene rings is 1. The van der Waals surface area contributed by atoms with E-state index in [2.05, 4.69) is 4.98 Å². The van der Waals surface area contributed by atoms with E-state index >= 15 is 0 Å². The summed E-state index contributed by atoms with van der Waals surface area (Å²) in [5.74, 6) is -1.01. The lowest BCUT2D eigenvalue weighted by atomic mass is 10.1. The summed E-state index contributed by atoms with van der Waals surface area (Å²) in [5, 5.41) is 0. The van der Waals surface area contributed by atoms with Gasteiger partial charge < -0.3 is 4.57 Å². The van der Waals surface area contributed by atoms with Gasteiger partial charge >= 0.3 is 0 Å². The molecule has 0 saturated heterocycles. The molecule has 0 fully saturated rings. The van der Waals surface area contributed by atoms with E-state index in [1.807, 2.05) is 17.8 Å². The number of hydrogen-bond donors (Lipinski definition) is 0. The van der Waals surface area contributed by atoms with Gasteiger partial charge in [0.25, 0.3) is 0 Å². The van der Waals surface area contributed by atoms with E-state index in [1.54, 1.807) is 6.20 Å². The third kappa shape index (κ3) is 3.47. The Morgan fingerprint density at radius 3 is 2.74 bits per heavy atom. The van der Waals surface area contributed by atoms with Crippen LogP contribution in [0.3, 0.4) is 0 Å². The van der Waals surface area contributed by atoms with Crippen molar-refractivity contribution >= 4 is 5.78 Å². The highest BCUT2D eigenvalue weighted by atomic mass is 19.2. The van der Waals surface area contributed by atoms with Gasteiger partial charge in [-0.15, -0.1) is 0 Å². The van der Waals surface area contributed by atoms with Gasteiger partial charge in [-0.2, -0.15) is 0 Å². The van der Waals surface area contributed by atoms with E-state index < -0.39 is 11.6 Å². The molecule has 0 bridgehead atoms. The lowest BCUT2D eigenvalue weighted by Crippen LogP contribution is -2.07. The van der Waals surface area contributed by atoms with Crippen molar-refractivity contribution in [3.63, 3.8) is 0 Å². The van der Waals surface area contributed by atoms with E-state index in [0.29, 0.717) is 18.4 Å². The van der Waals surface area contributed by atoms with E-state index in [9.17, 15) is 13.6 Å². The van der Waals surface area contributed by atoms with Crippen LogP contribution in [0.4, 0.5) is 8.78 Å². The molecule has 1 aromatic heterocycles. The monoisotopic (exact) mass is 264 g/mol. The minimum absolute atomic E-state index is 0.0194. The number of imidazole rings is 1. The van der Waals surface area contributed by atoms with Crippen molar-refractivity contribution in [1.82, 2.24) is 9.55 Å². The summed E-state index contributed by atoms with van der Waals surface area (Å²) in [6.07, 6.45) is 4.49. The Labute approximate surface area is 109 Å². The van der Waals surface area contributed by atoms with Crippen LogP contribution in [0.5, 0.6) is 0 Å². The van der Waals surface area contributed by atoms with Gasteiger partial charge in [0.15, 0.2) is 11.6 Å². The van der Waals surface area contributed by atoms with E-state index in [-0.39, 0.29) is 12.2 Å². The lowest BCUT2D eigenvalue weighted by molar-refractivity contribution is -0.118. The Kier molecular flexibility index (Phi) is 4.04. The van der Waals surface area contributed by atoms with Crippen LogP contribution in [0.15, 0.2) is 30.6 Å². The Morgan fingerprint density at radius 1 is 1.32 bits per heavy atom. The summed E-state index contributed by atoms with van der Waals surface area (Å²) in [6, 6.07) is 3.53. The molecule has 2 aromatic rings. The van der Waals surface area contributed by atoms with Crippen molar-refractivity contribution in [2.45, 2.75) is 19.3 Å². The van der Waals surface area contributed by atoms with Crippen molar-refractivity contribution < 1.29 is 13.6 Å². The van der Waals surface area contributed by atoms with Gasteiger partial charge in [-0.1, -0.05) is 6.07 Å². The summed E-state index contributed by atoms with van der Waals surface area (Å²) in [4.78, 5) is 15.9. The second-order valence-electron chi connectivity index (χ2n) is 4.42.